The zero-order chi connectivity index (χ0) is 22.2. The molecule has 0 radical (unpaired) electrons. The average Bonchev–Trinajstić information content (AvgIpc) is 2.96. The van der Waals surface area contributed by atoms with Crippen molar-refractivity contribution in [1.82, 2.24) is 16.0 Å². The quantitative estimate of drug-likeness (QED) is 0.228. The molecule has 1 saturated carbocycles. The fourth-order valence-corrected chi connectivity index (χ4v) is 4.57. The molecule has 1 amide bonds. The second kappa shape index (κ2) is 11.5. The van der Waals surface area contributed by atoms with Crippen molar-refractivity contribution in [2.75, 3.05) is 19.6 Å². The third-order valence-electron chi connectivity index (χ3n) is 6.24. The molecule has 170 valence electrons. The molecule has 0 aromatic heterocycles. The van der Waals surface area contributed by atoms with E-state index in [1.165, 1.54) is 6.07 Å². The molecule has 0 saturated heterocycles. The fraction of sp³-hybridized carbons (Fsp3) is 0.636. The first-order valence-electron chi connectivity index (χ1n) is 11.4. The van der Waals surface area contributed by atoms with Gasteiger partial charge in [0.2, 0.25) is 5.91 Å². The standard InChI is InChI=1S/C22H34BN3O5/c1-2-24-11-12-25-17-7-3-5-15(9-10-17)13-20(27)26-19-14-16-6-4-8-18(22(28)29)21(16)31-23(19)30/h4,6,8,15,17,19,24-25,30H,2-3,5,7,9-14H2,1H3,(H,26,27)(H,28,29). The average molecular weight is 431 g/mol. The van der Waals surface area contributed by atoms with Crippen LogP contribution in [0.25, 0.3) is 0 Å². The number of benzene rings is 1. The summed E-state index contributed by atoms with van der Waals surface area (Å²) in [4.78, 5) is 24.0. The number of rotatable bonds is 9. The van der Waals surface area contributed by atoms with E-state index >= 15 is 0 Å². The molecule has 1 aliphatic carbocycles. The number of hydrogen-bond donors (Lipinski definition) is 5. The number of carboxylic acids is 1. The molecule has 9 heteroatoms. The highest BCUT2D eigenvalue weighted by atomic mass is 16.5. The van der Waals surface area contributed by atoms with Crippen molar-refractivity contribution in [3.63, 3.8) is 0 Å². The van der Waals surface area contributed by atoms with Gasteiger partial charge in [-0.2, -0.15) is 0 Å². The second-order valence-electron chi connectivity index (χ2n) is 8.57. The number of amides is 1. The Morgan fingerprint density at radius 2 is 2.03 bits per heavy atom. The molecule has 2 aliphatic rings. The third-order valence-corrected chi connectivity index (χ3v) is 6.24. The van der Waals surface area contributed by atoms with Crippen LogP contribution in [0.1, 0.15) is 61.4 Å². The fourth-order valence-electron chi connectivity index (χ4n) is 4.57. The molecule has 1 heterocycles. The van der Waals surface area contributed by atoms with Crippen LogP contribution in [-0.4, -0.2) is 60.7 Å². The van der Waals surface area contributed by atoms with Crippen LogP contribution in [0.2, 0.25) is 0 Å². The van der Waals surface area contributed by atoms with E-state index in [-0.39, 0.29) is 17.2 Å². The van der Waals surface area contributed by atoms with E-state index in [1.54, 1.807) is 12.1 Å². The van der Waals surface area contributed by atoms with Crippen LogP contribution in [-0.2, 0) is 11.2 Å². The van der Waals surface area contributed by atoms with Crippen molar-refractivity contribution >= 4 is 19.0 Å². The number of hydrogen-bond acceptors (Lipinski definition) is 6. The van der Waals surface area contributed by atoms with Gasteiger partial charge in [-0.05, 0) is 56.2 Å². The van der Waals surface area contributed by atoms with Crippen molar-refractivity contribution < 1.29 is 24.4 Å². The van der Waals surface area contributed by atoms with Crippen LogP contribution in [0.4, 0.5) is 0 Å². The van der Waals surface area contributed by atoms with Crippen molar-refractivity contribution in [3.05, 3.63) is 29.3 Å². The predicted molar refractivity (Wildman–Crippen MR) is 119 cm³/mol. The number of carboxylic acid groups (broad SMARTS) is 1. The smallest absolute Gasteiger partial charge is 0.534 e. The minimum absolute atomic E-state index is 0.0217. The largest absolute Gasteiger partial charge is 0.547 e. The van der Waals surface area contributed by atoms with Crippen LogP contribution >= 0.6 is 0 Å². The first kappa shape index (κ1) is 23.6. The third kappa shape index (κ3) is 6.69. The zero-order valence-electron chi connectivity index (χ0n) is 18.2. The van der Waals surface area contributed by atoms with Gasteiger partial charge in [-0.1, -0.05) is 25.5 Å². The highest BCUT2D eigenvalue weighted by Gasteiger charge is 2.38. The SMILES string of the molecule is CCNCCNC1CCCC(CC(=O)NC2Cc3cccc(C(=O)O)c3OB2O)CC1. The Kier molecular flexibility index (Phi) is 8.74. The summed E-state index contributed by atoms with van der Waals surface area (Å²) in [5, 5.41) is 29.5. The number of carbonyl (C=O) groups is 2. The van der Waals surface area contributed by atoms with Crippen LogP contribution < -0.4 is 20.6 Å². The molecule has 5 N–H and O–H groups in total. The summed E-state index contributed by atoms with van der Waals surface area (Å²) in [7, 11) is -1.27. The molecule has 31 heavy (non-hydrogen) atoms. The lowest BCUT2D eigenvalue weighted by molar-refractivity contribution is -0.122. The lowest BCUT2D eigenvalue weighted by Gasteiger charge is -2.29. The Labute approximate surface area is 184 Å². The Hall–Kier alpha value is -2.10. The van der Waals surface area contributed by atoms with Crippen LogP contribution in [0.5, 0.6) is 5.75 Å². The summed E-state index contributed by atoms with van der Waals surface area (Å²) in [6.45, 7) is 5.03. The summed E-state index contributed by atoms with van der Waals surface area (Å²) in [5.74, 6) is -1.25. The van der Waals surface area contributed by atoms with Gasteiger partial charge in [-0.3, -0.25) is 4.79 Å². The van der Waals surface area contributed by atoms with Gasteiger partial charge in [0.05, 0.1) is 11.5 Å². The van der Waals surface area contributed by atoms with Crippen LogP contribution in [0.3, 0.4) is 0 Å². The molecule has 8 nitrogen and oxygen atoms in total. The normalized spacial score (nSPS) is 23.4. The maximum absolute atomic E-state index is 12.7. The van der Waals surface area contributed by atoms with Crippen LogP contribution in [0.15, 0.2) is 18.2 Å². The number of para-hydroxylation sites is 1. The van der Waals surface area contributed by atoms with Gasteiger partial charge < -0.3 is 30.7 Å². The van der Waals surface area contributed by atoms with Gasteiger partial charge in [-0.25, -0.2) is 4.79 Å². The molecular weight excluding hydrogens is 397 g/mol. The van der Waals surface area contributed by atoms with Gasteiger partial charge in [-0.15, -0.1) is 0 Å². The highest BCUT2D eigenvalue weighted by Crippen LogP contribution is 2.30. The molecular formula is C22H34BN3O5. The Morgan fingerprint density at radius 3 is 2.81 bits per heavy atom. The lowest BCUT2D eigenvalue weighted by Crippen LogP contribution is -2.53. The maximum Gasteiger partial charge on any atom is 0.547 e. The van der Waals surface area contributed by atoms with E-state index in [9.17, 15) is 19.7 Å². The maximum atomic E-state index is 12.7. The summed E-state index contributed by atoms with van der Waals surface area (Å²) >= 11 is 0. The van der Waals surface area contributed by atoms with E-state index in [1.807, 2.05) is 0 Å². The topological polar surface area (TPSA) is 120 Å². The van der Waals surface area contributed by atoms with Gasteiger partial charge in [0, 0.05) is 25.6 Å². The Balaban J connectivity index is 1.47. The Bertz CT molecular complexity index is 763. The second-order valence-corrected chi connectivity index (χ2v) is 8.57. The van der Waals surface area contributed by atoms with Gasteiger partial charge in [0.25, 0.3) is 0 Å². The van der Waals surface area contributed by atoms with Crippen LogP contribution in [0, 0.1) is 5.92 Å². The van der Waals surface area contributed by atoms with E-state index < -0.39 is 19.0 Å². The molecule has 3 atom stereocenters. The summed E-state index contributed by atoms with van der Waals surface area (Å²) in [5.41, 5.74) is 0.699. The number of fused-ring (bicyclic) bond motifs is 1. The number of nitrogens with one attached hydrogen (secondary N) is 3. The molecule has 0 bridgehead atoms. The molecule has 3 rings (SSSR count). The first-order chi connectivity index (χ1) is 15.0. The van der Waals surface area contributed by atoms with Gasteiger partial charge >= 0.3 is 13.1 Å². The minimum atomic E-state index is -1.27. The summed E-state index contributed by atoms with van der Waals surface area (Å²) in [6.07, 6.45) is 6.15. The summed E-state index contributed by atoms with van der Waals surface area (Å²) < 4.78 is 5.46. The molecule has 1 aromatic carbocycles. The minimum Gasteiger partial charge on any atom is -0.534 e. The number of carbonyl (C=O) groups excluding carboxylic acids is 1. The van der Waals surface area contributed by atoms with E-state index in [4.69, 9.17) is 4.65 Å². The van der Waals surface area contributed by atoms with E-state index in [0.29, 0.717) is 30.4 Å². The number of aromatic carboxylic acids is 1. The van der Waals surface area contributed by atoms with E-state index in [2.05, 4.69) is 22.9 Å². The predicted octanol–water partition coefficient (Wildman–Crippen LogP) is 1.36. The summed E-state index contributed by atoms with van der Waals surface area (Å²) in [6, 6.07) is 5.37. The first-order valence-corrected chi connectivity index (χ1v) is 11.4. The number of likely N-dealkylation sites (N-methyl/N-ethyl adjacent to an activating group) is 1. The highest BCUT2D eigenvalue weighted by molar-refractivity contribution is 6.47. The van der Waals surface area contributed by atoms with Crippen molar-refractivity contribution in [3.8, 4) is 5.75 Å². The molecule has 1 fully saturated rings. The molecule has 1 aliphatic heterocycles. The Morgan fingerprint density at radius 1 is 1.19 bits per heavy atom. The lowest BCUT2D eigenvalue weighted by atomic mass is 9.72. The van der Waals surface area contributed by atoms with Gasteiger partial charge in [0.15, 0.2) is 0 Å². The molecule has 0 spiro atoms. The monoisotopic (exact) mass is 431 g/mol. The molecule has 3 unspecified atom stereocenters. The van der Waals surface area contributed by atoms with Gasteiger partial charge in [0.1, 0.15) is 5.75 Å². The molecule has 1 aromatic rings. The zero-order valence-corrected chi connectivity index (χ0v) is 18.2. The van der Waals surface area contributed by atoms with Crippen molar-refractivity contribution in [2.45, 2.75) is 63.9 Å². The van der Waals surface area contributed by atoms with Crippen molar-refractivity contribution in [1.29, 1.82) is 0 Å². The van der Waals surface area contributed by atoms with E-state index in [0.717, 1.165) is 51.7 Å². The van der Waals surface area contributed by atoms with Crippen molar-refractivity contribution in [2.24, 2.45) is 5.92 Å².